The number of ether oxygens (including phenoxy) is 3. The lowest BCUT2D eigenvalue weighted by molar-refractivity contribution is 0.339. The zero-order valence-electron chi connectivity index (χ0n) is 12.0. The van der Waals surface area contributed by atoms with Gasteiger partial charge in [0.15, 0.2) is 11.5 Å². The summed E-state index contributed by atoms with van der Waals surface area (Å²) < 4.78 is 16.7. The van der Waals surface area contributed by atoms with Gasteiger partial charge in [0, 0.05) is 19.5 Å². The number of aromatic nitrogens is 2. The molecule has 6 heteroatoms. The Balaban J connectivity index is 2.01. The Kier molecular flexibility index (Phi) is 3.87. The van der Waals surface area contributed by atoms with Gasteiger partial charge >= 0.3 is 0 Å². The van der Waals surface area contributed by atoms with E-state index in [1.807, 2.05) is 18.2 Å². The van der Waals surface area contributed by atoms with Gasteiger partial charge in [0.2, 0.25) is 11.6 Å². The van der Waals surface area contributed by atoms with E-state index in [0.717, 1.165) is 24.2 Å². The summed E-state index contributed by atoms with van der Waals surface area (Å²) in [6.45, 7) is 1.62. The molecule has 0 atom stereocenters. The maximum absolute atomic E-state index is 5.98. The van der Waals surface area contributed by atoms with Crippen molar-refractivity contribution in [2.24, 2.45) is 0 Å². The first-order valence-electron chi connectivity index (χ1n) is 6.75. The van der Waals surface area contributed by atoms with Gasteiger partial charge in [0.25, 0.3) is 0 Å². The number of benzene rings is 1. The van der Waals surface area contributed by atoms with Crippen molar-refractivity contribution in [2.45, 2.75) is 13.0 Å². The maximum atomic E-state index is 5.98. The molecule has 6 nitrogen and oxygen atoms in total. The van der Waals surface area contributed by atoms with Crippen molar-refractivity contribution in [3.05, 3.63) is 35.8 Å². The summed E-state index contributed by atoms with van der Waals surface area (Å²) in [6.07, 6.45) is 2.40. The third-order valence-corrected chi connectivity index (χ3v) is 3.42. The molecule has 1 aromatic carbocycles. The minimum absolute atomic E-state index is 0.522. The molecule has 0 amide bonds. The van der Waals surface area contributed by atoms with Crippen molar-refractivity contribution < 1.29 is 14.2 Å². The number of methoxy groups -OCH3 is 2. The average molecular weight is 287 g/mol. The minimum atomic E-state index is 0.522. The number of fused-ring (bicyclic) bond motifs is 1. The van der Waals surface area contributed by atoms with Crippen LogP contribution in [-0.2, 0) is 13.0 Å². The number of hydrogen-bond donors (Lipinski definition) is 1. The second-order valence-electron chi connectivity index (χ2n) is 4.62. The van der Waals surface area contributed by atoms with Gasteiger partial charge in [-0.2, -0.15) is 0 Å². The van der Waals surface area contributed by atoms with Crippen LogP contribution >= 0.6 is 0 Å². The van der Waals surface area contributed by atoms with E-state index < -0.39 is 0 Å². The van der Waals surface area contributed by atoms with E-state index >= 15 is 0 Å². The predicted molar refractivity (Wildman–Crippen MR) is 77.1 cm³/mol. The molecule has 3 rings (SSSR count). The fraction of sp³-hybridized carbons (Fsp3) is 0.333. The molecule has 0 radical (unpaired) electrons. The highest BCUT2D eigenvalue weighted by atomic mass is 16.5. The Morgan fingerprint density at radius 2 is 1.86 bits per heavy atom. The van der Waals surface area contributed by atoms with Crippen molar-refractivity contribution >= 4 is 0 Å². The largest absolute Gasteiger partial charge is 0.493 e. The first-order chi connectivity index (χ1) is 10.3. The molecule has 1 N–H and O–H groups in total. The molecule has 1 aromatic heterocycles. The lowest BCUT2D eigenvalue weighted by Gasteiger charge is -2.19. The van der Waals surface area contributed by atoms with E-state index in [9.17, 15) is 0 Å². The van der Waals surface area contributed by atoms with Gasteiger partial charge in [-0.1, -0.05) is 6.07 Å². The van der Waals surface area contributed by atoms with E-state index in [-0.39, 0.29) is 0 Å². The summed E-state index contributed by atoms with van der Waals surface area (Å²) in [5, 5.41) is 3.30. The molecule has 1 aliphatic rings. The van der Waals surface area contributed by atoms with Crippen LogP contribution in [0.3, 0.4) is 0 Å². The molecule has 0 saturated heterocycles. The van der Waals surface area contributed by atoms with E-state index in [1.165, 1.54) is 6.33 Å². The minimum Gasteiger partial charge on any atom is -0.493 e. The Labute approximate surface area is 123 Å². The Morgan fingerprint density at radius 3 is 2.57 bits per heavy atom. The van der Waals surface area contributed by atoms with Crippen molar-refractivity contribution in [1.29, 1.82) is 0 Å². The lowest BCUT2D eigenvalue weighted by Crippen LogP contribution is -2.25. The van der Waals surface area contributed by atoms with Crippen LogP contribution < -0.4 is 19.5 Å². The van der Waals surface area contributed by atoms with E-state index in [4.69, 9.17) is 14.2 Å². The van der Waals surface area contributed by atoms with Gasteiger partial charge in [-0.3, -0.25) is 0 Å². The van der Waals surface area contributed by atoms with Crippen LogP contribution in [-0.4, -0.2) is 30.7 Å². The van der Waals surface area contributed by atoms with Crippen LogP contribution in [0.4, 0.5) is 0 Å². The summed E-state index contributed by atoms with van der Waals surface area (Å²) in [5.74, 6) is 2.26. The third kappa shape index (κ3) is 2.62. The normalized spacial score (nSPS) is 13.4. The Morgan fingerprint density at radius 1 is 1.10 bits per heavy atom. The first-order valence-corrected chi connectivity index (χ1v) is 6.75. The lowest BCUT2D eigenvalue weighted by atomic mass is 10.1. The summed E-state index contributed by atoms with van der Waals surface area (Å²) in [4.78, 5) is 8.57. The summed E-state index contributed by atoms with van der Waals surface area (Å²) >= 11 is 0. The van der Waals surface area contributed by atoms with E-state index in [2.05, 4.69) is 15.3 Å². The van der Waals surface area contributed by atoms with Gasteiger partial charge in [0.1, 0.15) is 6.33 Å². The SMILES string of the molecule is COc1cccc(OC)c1Oc1ncnc2c1CNCC2. The molecule has 2 aromatic rings. The second kappa shape index (κ2) is 5.97. The molecule has 2 heterocycles. The zero-order chi connectivity index (χ0) is 14.7. The molecular weight excluding hydrogens is 270 g/mol. The number of hydrogen-bond acceptors (Lipinski definition) is 6. The van der Waals surface area contributed by atoms with Gasteiger partial charge < -0.3 is 19.5 Å². The number of nitrogens with one attached hydrogen (secondary N) is 1. The first kappa shape index (κ1) is 13.6. The van der Waals surface area contributed by atoms with Gasteiger partial charge in [-0.25, -0.2) is 9.97 Å². The molecule has 21 heavy (non-hydrogen) atoms. The smallest absolute Gasteiger partial charge is 0.227 e. The summed E-state index contributed by atoms with van der Waals surface area (Å²) in [7, 11) is 3.19. The monoisotopic (exact) mass is 287 g/mol. The highest BCUT2D eigenvalue weighted by Crippen LogP contribution is 2.40. The maximum Gasteiger partial charge on any atom is 0.227 e. The quantitative estimate of drug-likeness (QED) is 0.927. The molecule has 0 fully saturated rings. The topological polar surface area (TPSA) is 65.5 Å². The fourth-order valence-electron chi connectivity index (χ4n) is 2.35. The Bertz CT molecular complexity index is 624. The highest BCUT2D eigenvalue weighted by molar-refractivity contribution is 5.53. The highest BCUT2D eigenvalue weighted by Gasteiger charge is 2.19. The van der Waals surface area contributed by atoms with Gasteiger partial charge in [-0.05, 0) is 12.1 Å². The third-order valence-electron chi connectivity index (χ3n) is 3.42. The molecule has 0 aliphatic carbocycles. The number of para-hydroxylation sites is 1. The second-order valence-corrected chi connectivity index (χ2v) is 4.62. The molecule has 1 aliphatic heterocycles. The van der Waals surface area contributed by atoms with Crippen LogP contribution in [0.2, 0.25) is 0 Å². The van der Waals surface area contributed by atoms with Gasteiger partial charge in [-0.15, -0.1) is 0 Å². The van der Waals surface area contributed by atoms with Crippen molar-refractivity contribution in [1.82, 2.24) is 15.3 Å². The van der Waals surface area contributed by atoms with Crippen LogP contribution in [0.1, 0.15) is 11.3 Å². The van der Waals surface area contributed by atoms with Crippen LogP contribution in [0.5, 0.6) is 23.1 Å². The number of rotatable bonds is 4. The number of nitrogens with zero attached hydrogens (tertiary/aromatic N) is 2. The zero-order valence-corrected chi connectivity index (χ0v) is 12.0. The fourth-order valence-corrected chi connectivity index (χ4v) is 2.35. The summed E-state index contributed by atoms with van der Waals surface area (Å²) in [5.41, 5.74) is 2.00. The van der Waals surface area contributed by atoms with Crippen molar-refractivity contribution in [2.75, 3.05) is 20.8 Å². The van der Waals surface area contributed by atoms with Crippen LogP contribution in [0.15, 0.2) is 24.5 Å². The van der Waals surface area contributed by atoms with E-state index in [1.54, 1.807) is 14.2 Å². The van der Waals surface area contributed by atoms with Gasteiger partial charge in [0.05, 0.1) is 25.5 Å². The standard InChI is InChI=1S/C15H17N3O3/c1-19-12-4-3-5-13(20-2)14(12)21-15-10-8-16-7-6-11(10)17-9-18-15/h3-5,9,16H,6-8H2,1-2H3. The van der Waals surface area contributed by atoms with Crippen molar-refractivity contribution in [3.63, 3.8) is 0 Å². The molecule has 0 saturated carbocycles. The molecule has 0 unspecified atom stereocenters. The summed E-state index contributed by atoms with van der Waals surface area (Å²) in [6, 6.07) is 5.50. The molecule has 110 valence electrons. The van der Waals surface area contributed by atoms with Crippen molar-refractivity contribution in [3.8, 4) is 23.1 Å². The van der Waals surface area contributed by atoms with E-state index in [0.29, 0.717) is 29.7 Å². The predicted octanol–water partition coefficient (Wildman–Crippen LogP) is 1.93. The average Bonchev–Trinajstić information content (AvgIpc) is 2.55. The van der Waals surface area contributed by atoms with Crippen LogP contribution in [0.25, 0.3) is 0 Å². The molecule has 0 bridgehead atoms. The van der Waals surface area contributed by atoms with Crippen LogP contribution in [0, 0.1) is 0 Å². The Hall–Kier alpha value is -2.34. The molecule has 0 spiro atoms. The molecular formula is C15H17N3O3.